The largest absolute Gasteiger partial charge is 0.119 e. The molecule has 56 valence electrons. The van der Waals surface area contributed by atoms with E-state index in [-0.39, 0.29) is 3.92 Å². The maximum absolute atomic E-state index is 5.71. The van der Waals surface area contributed by atoms with Crippen LogP contribution in [0, 0.1) is 12.3 Å². The van der Waals surface area contributed by atoms with Gasteiger partial charge < -0.3 is 0 Å². The van der Waals surface area contributed by atoms with Crippen LogP contribution in [-0.4, -0.2) is 0 Å². The highest BCUT2D eigenvalue weighted by Crippen LogP contribution is 2.23. The fourth-order valence-electron chi connectivity index (χ4n) is 0.728. The smallest absolute Gasteiger partial charge is 0.0965 e. The summed E-state index contributed by atoms with van der Waals surface area (Å²) >= 11 is 7.91. The summed E-state index contributed by atoms with van der Waals surface area (Å²) in [5, 5.41) is 0.745. The molecule has 0 nitrogen and oxygen atoms in total. The van der Waals surface area contributed by atoms with Gasteiger partial charge in [0.25, 0.3) is 0 Å². The van der Waals surface area contributed by atoms with Gasteiger partial charge in [-0.3, -0.25) is 0 Å². The van der Waals surface area contributed by atoms with Crippen molar-refractivity contribution in [2.24, 2.45) is 0 Å². The third kappa shape index (κ3) is 2.39. The molecule has 0 aliphatic carbocycles. The van der Waals surface area contributed by atoms with E-state index in [0.29, 0.717) is 0 Å². The quantitative estimate of drug-likeness (QED) is 0.419. The first-order chi connectivity index (χ1) is 5.24. The first-order valence-electron chi connectivity index (χ1n) is 3.09. The molecule has 1 aromatic rings. The lowest BCUT2D eigenvalue weighted by Crippen LogP contribution is -1.83. The summed E-state index contributed by atoms with van der Waals surface area (Å²) in [5.74, 6) is 2.64. The van der Waals surface area contributed by atoms with Gasteiger partial charge in [0.2, 0.25) is 0 Å². The Morgan fingerprint density at radius 2 is 1.91 bits per heavy atom. The van der Waals surface area contributed by atoms with Crippen LogP contribution in [0.3, 0.4) is 0 Å². The van der Waals surface area contributed by atoms with Gasteiger partial charge in [0, 0.05) is 5.02 Å². The molecule has 1 atom stereocenters. The van der Waals surface area contributed by atoms with Gasteiger partial charge in [0.1, 0.15) is 0 Å². The standard InChI is InChI=1S/C9H6ClI/c1-2-9(11)7-3-5-8(10)6-4-7/h1,3-6,9H. The van der Waals surface area contributed by atoms with E-state index in [4.69, 9.17) is 18.0 Å². The third-order valence-electron chi connectivity index (χ3n) is 1.31. The van der Waals surface area contributed by atoms with Crippen LogP contribution in [0.1, 0.15) is 9.49 Å². The zero-order chi connectivity index (χ0) is 8.27. The molecule has 0 spiro atoms. The van der Waals surface area contributed by atoms with E-state index in [9.17, 15) is 0 Å². The van der Waals surface area contributed by atoms with Crippen LogP contribution in [0.15, 0.2) is 24.3 Å². The molecule has 2 heteroatoms. The Kier molecular flexibility index (Phi) is 3.22. The zero-order valence-electron chi connectivity index (χ0n) is 5.72. The monoisotopic (exact) mass is 276 g/mol. The van der Waals surface area contributed by atoms with E-state index >= 15 is 0 Å². The Balaban J connectivity index is 2.92. The molecular weight excluding hydrogens is 270 g/mol. The van der Waals surface area contributed by atoms with Gasteiger partial charge in [-0.15, -0.1) is 6.42 Å². The second kappa shape index (κ2) is 3.99. The van der Waals surface area contributed by atoms with Crippen LogP contribution in [0.4, 0.5) is 0 Å². The topological polar surface area (TPSA) is 0 Å². The van der Waals surface area contributed by atoms with Crippen molar-refractivity contribution in [2.75, 3.05) is 0 Å². The van der Waals surface area contributed by atoms with Crippen molar-refractivity contribution in [1.82, 2.24) is 0 Å². The van der Waals surface area contributed by atoms with Gasteiger partial charge in [-0.2, -0.15) is 0 Å². The molecular formula is C9H6ClI. The number of halogens is 2. The highest BCUT2D eigenvalue weighted by Gasteiger charge is 2.00. The molecule has 0 amide bonds. The van der Waals surface area contributed by atoms with Crippen molar-refractivity contribution in [3.8, 4) is 12.3 Å². The van der Waals surface area contributed by atoms with E-state index in [1.807, 2.05) is 24.3 Å². The van der Waals surface area contributed by atoms with Crippen molar-refractivity contribution in [2.45, 2.75) is 3.92 Å². The summed E-state index contributed by atoms with van der Waals surface area (Å²) < 4.78 is 0.143. The summed E-state index contributed by atoms with van der Waals surface area (Å²) in [6.45, 7) is 0. The van der Waals surface area contributed by atoms with Crippen LogP contribution < -0.4 is 0 Å². The highest BCUT2D eigenvalue weighted by atomic mass is 127. The van der Waals surface area contributed by atoms with Crippen LogP contribution >= 0.6 is 34.2 Å². The van der Waals surface area contributed by atoms with Crippen LogP contribution in [0.2, 0.25) is 5.02 Å². The predicted molar refractivity (Wildman–Crippen MR) is 57.0 cm³/mol. The zero-order valence-corrected chi connectivity index (χ0v) is 8.63. The second-order valence-corrected chi connectivity index (χ2v) is 3.76. The Morgan fingerprint density at radius 1 is 1.36 bits per heavy atom. The Bertz CT molecular complexity index is 271. The molecule has 11 heavy (non-hydrogen) atoms. The van der Waals surface area contributed by atoms with Crippen molar-refractivity contribution in [3.63, 3.8) is 0 Å². The number of benzene rings is 1. The molecule has 0 heterocycles. The Morgan fingerprint density at radius 3 is 2.36 bits per heavy atom. The van der Waals surface area contributed by atoms with Gasteiger partial charge in [0.15, 0.2) is 0 Å². The van der Waals surface area contributed by atoms with Crippen LogP contribution in [0.5, 0.6) is 0 Å². The molecule has 0 bridgehead atoms. The summed E-state index contributed by atoms with van der Waals surface area (Å²) in [4.78, 5) is 0. The van der Waals surface area contributed by atoms with Gasteiger partial charge in [-0.05, 0) is 17.7 Å². The minimum atomic E-state index is 0.143. The Hall–Kier alpha value is -0.200. The molecule has 1 aromatic carbocycles. The molecule has 0 aliphatic heterocycles. The van der Waals surface area contributed by atoms with Gasteiger partial charge in [0.05, 0.1) is 3.92 Å². The molecule has 0 saturated heterocycles. The summed E-state index contributed by atoms with van der Waals surface area (Å²) in [6.07, 6.45) is 5.25. The number of rotatable bonds is 1. The number of hydrogen-bond acceptors (Lipinski definition) is 0. The molecule has 1 unspecified atom stereocenters. The van der Waals surface area contributed by atoms with E-state index < -0.39 is 0 Å². The van der Waals surface area contributed by atoms with Crippen LogP contribution in [0.25, 0.3) is 0 Å². The van der Waals surface area contributed by atoms with Gasteiger partial charge in [-0.1, -0.05) is 52.2 Å². The predicted octanol–water partition coefficient (Wildman–Crippen LogP) is 3.45. The first-order valence-corrected chi connectivity index (χ1v) is 4.72. The number of alkyl halides is 1. The lowest BCUT2D eigenvalue weighted by Gasteiger charge is -2.00. The van der Waals surface area contributed by atoms with E-state index in [1.165, 1.54) is 0 Å². The molecule has 0 aliphatic rings. The highest BCUT2D eigenvalue weighted by molar-refractivity contribution is 14.1. The SMILES string of the molecule is C#CC(I)c1ccc(Cl)cc1. The van der Waals surface area contributed by atoms with Crippen molar-refractivity contribution >= 4 is 34.2 Å². The molecule has 0 N–H and O–H groups in total. The van der Waals surface area contributed by atoms with Crippen molar-refractivity contribution in [1.29, 1.82) is 0 Å². The van der Waals surface area contributed by atoms with E-state index in [1.54, 1.807) is 0 Å². The fourth-order valence-corrected chi connectivity index (χ4v) is 1.27. The average Bonchev–Trinajstić information content (AvgIpc) is 2.05. The summed E-state index contributed by atoms with van der Waals surface area (Å²) in [5.41, 5.74) is 1.12. The number of terminal acetylenes is 1. The maximum Gasteiger partial charge on any atom is 0.0965 e. The first kappa shape index (κ1) is 8.89. The third-order valence-corrected chi connectivity index (χ3v) is 2.64. The molecule has 0 aromatic heterocycles. The molecule has 0 fully saturated rings. The minimum absolute atomic E-state index is 0.143. The summed E-state index contributed by atoms with van der Waals surface area (Å²) in [6, 6.07) is 7.58. The maximum atomic E-state index is 5.71. The average molecular weight is 277 g/mol. The van der Waals surface area contributed by atoms with E-state index in [0.717, 1.165) is 10.6 Å². The summed E-state index contributed by atoms with van der Waals surface area (Å²) in [7, 11) is 0. The molecule has 1 rings (SSSR count). The molecule has 0 saturated carbocycles. The van der Waals surface area contributed by atoms with Crippen molar-refractivity contribution in [3.05, 3.63) is 34.9 Å². The Labute approximate surface area is 85.1 Å². The van der Waals surface area contributed by atoms with Crippen LogP contribution in [-0.2, 0) is 0 Å². The van der Waals surface area contributed by atoms with Gasteiger partial charge in [-0.25, -0.2) is 0 Å². The second-order valence-electron chi connectivity index (χ2n) is 2.08. The fraction of sp³-hybridized carbons (Fsp3) is 0.111. The van der Waals surface area contributed by atoms with E-state index in [2.05, 4.69) is 28.5 Å². The van der Waals surface area contributed by atoms with Crippen molar-refractivity contribution < 1.29 is 0 Å². The number of hydrogen-bond donors (Lipinski definition) is 0. The minimum Gasteiger partial charge on any atom is -0.119 e. The normalized spacial score (nSPS) is 12.1. The lowest BCUT2D eigenvalue weighted by molar-refractivity contribution is 1.33. The molecule has 0 radical (unpaired) electrons. The lowest BCUT2D eigenvalue weighted by atomic mass is 10.2. The van der Waals surface area contributed by atoms with Gasteiger partial charge >= 0.3 is 0 Å².